The van der Waals surface area contributed by atoms with Gasteiger partial charge in [-0.05, 0) is 0 Å². The first kappa shape index (κ1) is 35.2. The van der Waals surface area contributed by atoms with Crippen LogP contribution in [0.3, 0.4) is 0 Å². The first-order valence-corrected chi connectivity index (χ1v) is 22.0. The predicted molar refractivity (Wildman–Crippen MR) is 174 cm³/mol. The van der Waals surface area contributed by atoms with Gasteiger partial charge >= 0.3 is 233 Å². The van der Waals surface area contributed by atoms with Crippen molar-refractivity contribution in [2.24, 2.45) is 0 Å². The number of hydrogen-bond acceptors (Lipinski definition) is 0. The Morgan fingerprint density at radius 1 is 0.294 bits per heavy atom. The van der Waals surface area contributed by atoms with Gasteiger partial charge in [0, 0.05) is 0 Å². The Kier molecular flexibility index (Phi) is 25.3. The van der Waals surface area contributed by atoms with E-state index in [9.17, 15) is 0 Å². The average molecular weight is 611 g/mol. The van der Waals surface area contributed by atoms with E-state index in [-0.39, 0.29) is 0 Å². The molecule has 2 heteroatoms. The van der Waals surface area contributed by atoms with Crippen LogP contribution < -0.4 is 0 Å². The summed E-state index contributed by atoms with van der Waals surface area (Å²) in [6.07, 6.45) is 41.7. The molecule has 0 aliphatic carbocycles. The van der Waals surface area contributed by atoms with Crippen LogP contribution in [0.15, 0.2) is 0 Å². The van der Waals surface area contributed by atoms with Gasteiger partial charge in [-0.15, -0.1) is 0 Å². The van der Waals surface area contributed by atoms with Gasteiger partial charge in [0.25, 0.3) is 0 Å². The maximum atomic E-state index is 3.20. The quantitative estimate of drug-likeness (QED) is 0.0470. The molecule has 0 fully saturated rings. The Morgan fingerprint density at radius 3 is 0.706 bits per heavy atom. The maximum absolute atomic E-state index is 3.20. The minimum atomic E-state index is -1.58. The molecule has 0 amide bonds. The van der Waals surface area contributed by atoms with Gasteiger partial charge in [0.2, 0.25) is 0 Å². The molecule has 0 aromatic carbocycles. The third kappa shape index (κ3) is 20.2. The molecule has 0 N–H and O–H groups in total. The van der Waals surface area contributed by atoms with Gasteiger partial charge in [0.1, 0.15) is 0 Å². The van der Waals surface area contributed by atoms with Gasteiger partial charge in [0.15, 0.2) is 0 Å². The van der Waals surface area contributed by atoms with Crippen LogP contribution in [0.25, 0.3) is 0 Å². The van der Waals surface area contributed by atoms with E-state index in [0.29, 0.717) is 0 Å². The summed E-state index contributed by atoms with van der Waals surface area (Å²) in [6, 6.07) is 0. The van der Waals surface area contributed by atoms with Crippen LogP contribution in [0.2, 0.25) is 0 Å². The van der Waals surface area contributed by atoms with E-state index >= 15 is 0 Å². The molecule has 0 unspecified atom stereocenters. The van der Waals surface area contributed by atoms with E-state index in [0.717, 1.165) is 0 Å². The van der Waals surface area contributed by atoms with Gasteiger partial charge in [-0.2, -0.15) is 0 Å². The van der Waals surface area contributed by atoms with Crippen molar-refractivity contribution in [1.29, 1.82) is 0 Å². The molecule has 0 saturated carbocycles. The summed E-state index contributed by atoms with van der Waals surface area (Å²) in [7, 11) is 0. The van der Waals surface area contributed by atoms with Gasteiger partial charge in [0.05, 0.1) is 0 Å². The van der Waals surface area contributed by atoms with Gasteiger partial charge < -0.3 is 0 Å². The Labute approximate surface area is 231 Å². The number of rotatable bonds is 28. The summed E-state index contributed by atoms with van der Waals surface area (Å²) in [6.45, 7) is 9.40. The van der Waals surface area contributed by atoms with Gasteiger partial charge in [-0.25, -0.2) is 0 Å². The summed E-state index contributed by atoms with van der Waals surface area (Å²) in [4.78, 5) is 0. The van der Waals surface area contributed by atoms with E-state index in [4.69, 9.17) is 0 Å². The second-order valence-electron chi connectivity index (χ2n) is 11.8. The van der Waals surface area contributed by atoms with Crippen molar-refractivity contribution >= 4 is 26.3 Å². The molecule has 0 spiro atoms. The predicted octanol–water partition coefficient (Wildman–Crippen LogP) is 13.3. The summed E-state index contributed by atoms with van der Waals surface area (Å²) in [5.74, 6) is 0. The van der Waals surface area contributed by atoms with Crippen LogP contribution in [0.1, 0.15) is 182 Å². The molecule has 0 nitrogen and oxygen atoms in total. The van der Waals surface area contributed by atoms with Crippen LogP contribution in [0.5, 0.6) is 0 Å². The molecule has 0 bridgehead atoms. The van der Waals surface area contributed by atoms with Crippen LogP contribution in [0.4, 0.5) is 0 Å². The molecule has 34 heavy (non-hydrogen) atoms. The average Bonchev–Trinajstić information content (AvgIpc) is 2.84. The number of halogens is 1. The molecular weight excluding hydrogens is 542 g/mol. The van der Waals surface area contributed by atoms with E-state index < -0.39 is 4.25 Å². The number of hydrogen-bond donors (Lipinski definition) is 0. The van der Waals surface area contributed by atoms with E-state index in [1.165, 1.54) is 154 Å². The summed E-state index contributed by atoms with van der Waals surface area (Å²) >= 11 is 3.20. The normalized spacial score (nSPS) is 13.3. The van der Waals surface area contributed by atoms with Crippen molar-refractivity contribution in [2.45, 2.75) is 182 Å². The monoisotopic (exact) mass is 610 g/mol. The third-order valence-electron chi connectivity index (χ3n) is 8.28. The summed E-state index contributed by atoms with van der Waals surface area (Å²) in [5, 5.41) is 0. The molecule has 0 radical (unpaired) electrons. The Morgan fingerprint density at radius 2 is 0.471 bits per heavy atom. The molecular formula is C32H68IP. The van der Waals surface area contributed by atoms with Crippen molar-refractivity contribution in [3.63, 3.8) is 0 Å². The molecule has 0 aliphatic heterocycles. The van der Waals surface area contributed by atoms with E-state index in [1.54, 1.807) is 24.6 Å². The number of unbranched alkanes of at least 4 members (excludes halogenated alkanes) is 20. The SMILES string of the molecule is CCCCCCCCCCP(I)(CCCCCC)(CCCCCC)CCCCCCCCCC. The first-order chi connectivity index (χ1) is 16.5. The summed E-state index contributed by atoms with van der Waals surface area (Å²) in [5.41, 5.74) is 0. The molecule has 0 rings (SSSR count). The van der Waals surface area contributed by atoms with Crippen LogP contribution in [0, 0.1) is 0 Å². The molecule has 0 atom stereocenters. The van der Waals surface area contributed by atoms with Crippen LogP contribution in [-0.2, 0) is 0 Å². The second-order valence-corrected chi connectivity index (χ2v) is 25.4. The van der Waals surface area contributed by atoms with E-state index in [1.807, 2.05) is 0 Å². The fraction of sp³-hybridized carbons (Fsp3) is 1.00. The summed E-state index contributed by atoms with van der Waals surface area (Å²) < 4.78 is -1.58. The Hall–Kier alpha value is 1.16. The zero-order chi connectivity index (χ0) is 25.2. The molecule has 0 aromatic rings. The minimum absolute atomic E-state index is 1.37. The first-order valence-electron chi connectivity index (χ1n) is 16.3. The molecule has 0 aromatic heterocycles. The molecule has 0 aliphatic rings. The second kappa shape index (κ2) is 24.5. The van der Waals surface area contributed by atoms with Crippen molar-refractivity contribution in [3.8, 4) is 0 Å². The van der Waals surface area contributed by atoms with Gasteiger partial charge in [-0.1, -0.05) is 0 Å². The fourth-order valence-corrected chi connectivity index (χ4v) is 15.3. The van der Waals surface area contributed by atoms with Crippen molar-refractivity contribution in [2.75, 3.05) is 24.6 Å². The molecule has 0 saturated heterocycles. The van der Waals surface area contributed by atoms with Gasteiger partial charge in [-0.3, -0.25) is 0 Å². The molecule has 208 valence electrons. The Bertz CT molecular complexity index is 372. The molecule has 0 heterocycles. The zero-order valence-corrected chi connectivity index (χ0v) is 27.7. The van der Waals surface area contributed by atoms with Crippen molar-refractivity contribution in [3.05, 3.63) is 0 Å². The third-order valence-corrected chi connectivity index (χ3v) is 19.8. The van der Waals surface area contributed by atoms with Crippen molar-refractivity contribution in [1.82, 2.24) is 0 Å². The standard InChI is InChI=1S/C32H68IP/c1-5-9-13-17-19-21-23-27-31-34(33,29-25-15-11-7-3,30-26-16-12-8-4)32-28-24-22-20-18-14-10-6-2/h5-32H2,1-4H3. The topological polar surface area (TPSA) is 0 Å². The van der Waals surface area contributed by atoms with Crippen LogP contribution in [-0.4, -0.2) is 24.6 Å². The fourth-order valence-electron chi connectivity index (χ4n) is 5.82. The van der Waals surface area contributed by atoms with Crippen LogP contribution >= 0.6 is 26.3 Å². The van der Waals surface area contributed by atoms with Crippen molar-refractivity contribution < 1.29 is 0 Å². The zero-order valence-electron chi connectivity index (χ0n) is 24.6. The Balaban J connectivity index is 4.83. The van der Waals surface area contributed by atoms with E-state index in [2.05, 4.69) is 49.7 Å².